The van der Waals surface area contributed by atoms with Crippen LogP contribution in [0.15, 0.2) is 24.5 Å². The Morgan fingerprint density at radius 2 is 2.42 bits per heavy atom. The van der Waals surface area contributed by atoms with Crippen LogP contribution in [0.25, 0.3) is 10.9 Å². The molecule has 0 atom stereocenters. The van der Waals surface area contributed by atoms with Gasteiger partial charge in [-0.1, -0.05) is 13.3 Å². The van der Waals surface area contributed by atoms with Crippen molar-refractivity contribution in [2.75, 3.05) is 0 Å². The van der Waals surface area contributed by atoms with Gasteiger partial charge < -0.3 is 4.98 Å². The lowest BCUT2D eigenvalue weighted by Gasteiger charge is -1.88. The molecule has 0 aliphatic carbocycles. The summed E-state index contributed by atoms with van der Waals surface area (Å²) in [7, 11) is 0. The summed E-state index contributed by atoms with van der Waals surface area (Å²) in [4.78, 5) is 7.42. The lowest BCUT2D eigenvalue weighted by molar-refractivity contribution is 0.896. The van der Waals surface area contributed by atoms with Gasteiger partial charge in [0.1, 0.15) is 0 Å². The van der Waals surface area contributed by atoms with Crippen LogP contribution in [0.5, 0.6) is 0 Å². The Morgan fingerprint density at radius 1 is 1.50 bits per heavy atom. The molecule has 0 saturated carbocycles. The number of hydrogen-bond acceptors (Lipinski definition) is 1. The predicted molar refractivity (Wildman–Crippen MR) is 50.1 cm³/mol. The first kappa shape index (κ1) is 7.35. The smallest absolute Gasteiger partial charge is 0.0487 e. The van der Waals surface area contributed by atoms with Gasteiger partial charge in [0, 0.05) is 29.0 Å². The first-order valence-corrected chi connectivity index (χ1v) is 4.32. The van der Waals surface area contributed by atoms with Crippen molar-refractivity contribution >= 4 is 10.9 Å². The normalized spacial score (nSPS) is 10.8. The van der Waals surface area contributed by atoms with E-state index in [1.165, 1.54) is 23.0 Å². The van der Waals surface area contributed by atoms with Crippen LogP contribution in [0.4, 0.5) is 0 Å². The summed E-state index contributed by atoms with van der Waals surface area (Å²) in [5, 5.41) is 1.21. The molecule has 0 fully saturated rings. The number of nitrogens with one attached hydrogen (secondary N) is 1. The van der Waals surface area contributed by atoms with Crippen molar-refractivity contribution in [1.82, 2.24) is 9.97 Å². The van der Waals surface area contributed by atoms with E-state index in [1.807, 2.05) is 18.5 Å². The number of aromatic amines is 1. The minimum Gasteiger partial charge on any atom is -0.358 e. The molecule has 0 spiro atoms. The average Bonchev–Trinajstić information content (AvgIpc) is 2.47. The number of aromatic nitrogens is 2. The van der Waals surface area contributed by atoms with Crippen LogP contribution < -0.4 is 0 Å². The highest BCUT2D eigenvalue weighted by atomic mass is 14.7. The summed E-state index contributed by atoms with van der Waals surface area (Å²) < 4.78 is 0. The number of hydrogen-bond donors (Lipinski definition) is 1. The maximum absolute atomic E-state index is 4.07. The third kappa shape index (κ3) is 1.20. The molecule has 62 valence electrons. The fraction of sp³-hybridized carbons (Fsp3) is 0.300. The first-order valence-electron chi connectivity index (χ1n) is 4.32. The van der Waals surface area contributed by atoms with Gasteiger partial charge in [-0.25, -0.2) is 0 Å². The van der Waals surface area contributed by atoms with E-state index >= 15 is 0 Å². The monoisotopic (exact) mass is 160 g/mol. The second-order valence-electron chi connectivity index (χ2n) is 3.01. The van der Waals surface area contributed by atoms with Gasteiger partial charge in [0.05, 0.1) is 0 Å². The molecular formula is C10H12N2. The highest BCUT2D eigenvalue weighted by molar-refractivity contribution is 5.79. The van der Waals surface area contributed by atoms with Crippen LogP contribution in [0.1, 0.15) is 19.0 Å². The molecule has 2 aromatic heterocycles. The molecule has 0 amide bonds. The molecule has 2 nitrogen and oxygen atoms in total. The topological polar surface area (TPSA) is 28.7 Å². The van der Waals surface area contributed by atoms with Crippen molar-refractivity contribution in [2.45, 2.75) is 19.8 Å². The van der Waals surface area contributed by atoms with E-state index in [0.717, 1.165) is 6.42 Å². The largest absolute Gasteiger partial charge is 0.358 e. The second-order valence-corrected chi connectivity index (χ2v) is 3.01. The molecule has 0 radical (unpaired) electrons. The molecule has 12 heavy (non-hydrogen) atoms. The van der Waals surface area contributed by atoms with E-state index in [2.05, 4.69) is 23.0 Å². The molecule has 2 heteroatoms. The van der Waals surface area contributed by atoms with Gasteiger partial charge in [0.2, 0.25) is 0 Å². The molecule has 0 saturated heterocycles. The van der Waals surface area contributed by atoms with Crippen LogP contribution >= 0.6 is 0 Å². The molecular weight excluding hydrogens is 148 g/mol. The molecule has 0 aromatic carbocycles. The zero-order valence-electron chi connectivity index (χ0n) is 7.17. The lowest BCUT2D eigenvalue weighted by Crippen LogP contribution is -1.79. The summed E-state index contributed by atoms with van der Waals surface area (Å²) in [6.07, 6.45) is 6.01. The first-order chi connectivity index (χ1) is 5.90. The predicted octanol–water partition coefficient (Wildman–Crippen LogP) is 2.52. The Bertz CT molecular complexity index is 343. The van der Waals surface area contributed by atoms with Crippen molar-refractivity contribution in [1.29, 1.82) is 0 Å². The zero-order valence-corrected chi connectivity index (χ0v) is 7.17. The van der Waals surface area contributed by atoms with Crippen LogP contribution in [-0.2, 0) is 6.42 Å². The molecule has 2 aromatic rings. The minimum atomic E-state index is 1.12. The molecule has 0 bridgehead atoms. The van der Waals surface area contributed by atoms with E-state index in [0.29, 0.717) is 0 Å². The van der Waals surface area contributed by atoms with E-state index in [1.54, 1.807) is 0 Å². The van der Waals surface area contributed by atoms with Crippen LogP contribution in [0.3, 0.4) is 0 Å². The molecule has 2 rings (SSSR count). The Kier molecular flexibility index (Phi) is 1.82. The van der Waals surface area contributed by atoms with Gasteiger partial charge in [-0.15, -0.1) is 0 Å². The summed E-state index contributed by atoms with van der Waals surface area (Å²) in [5.74, 6) is 0. The number of H-pyrrole nitrogens is 1. The number of aryl methyl sites for hydroxylation is 1. The zero-order chi connectivity index (χ0) is 8.39. The second kappa shape index (κ2) is 2.97. The summed E-state index contributed by atoms with van der Waals surface area (Å²) in [6.45, 7) is 2.18. The SMILES string of the molecule is CCCc1cc2cnccc2[nH]1. The number of nitrogens with zero attached hydrogens (tertiary/aromatic N) is 1. The molecule has 0 aliphatic heterocycles. The molecule has 0 unspecified atom stereocenters. The van der Waals surface area contributed by atoms with Gasteiger partial charge in [-0.05, 0) is 18.6 Å². The quantitative estimate of drug-likeness (QED) is 0.718. The Morgan fingerprint density at radius 3 is 3.17 bits per heavy atom. The van der Waals surface area contributed by atoms with Crippen molar-refractivity contribution in [3.8, 4) is 0 Å². The van der Waals surface area contributed by atoms with Crippen LogP contribution in [0, 0.1) is 0 Å². The summed E-state index contributed by atoms with van der Waals surface area (Å²) in [6, 6.07) is 4.18. The maximum atomic E-state index is 4.07. The lowest BCUT2D eigenvalue weighted by atomic mass is 10.2. The van der Waals surface area contributed by atoms with E-state index < -0.39 is 0 Å². The maximum Gasteiger partial charge on any atom is 0.0487 e. The minimum absolute atomic E-state index is 1.12. The van der Waals surface area contributed by atoms with Crippen LogP contribution in [0.2, 0.25) is 0 Å². The number of rotatable bonds is 2. The third-order valence-corrected chi connectivity index (χ3v) is 2.00. The molecule has 1 N–H and O–H groups in total. The summed E-state index contributed by atoms with van der Waals surface area (Å²) in [5.41, 5.74) is 2.49. The van der Waals surface area contributed by atoms with Gasteiger partial charge >= 0.3 is 0 Å². The third-order valence-electron chi connectivity index (χ3n) is 2.00. The fourth-order valence-electron chi connectivity index (χ4n) is 1.44. The van der Waals surface area contributed by atoms with Crippen LogP contribution in [-0.4, -0.2) is 9.97 Å². The van der Waals surface area contributed by atoms with Gasteiger partial charge in [0.25, 0.3) is 0 Å². The van der Waals surface area contributed by atoms with E-state index in [9.17, 15) is 0 Å². The van der Waals surface area contributed by atoms with Crippen molar-refractivity contribution in [2.24, 2.45) is 0 Å². The molecule has 0 aliphatic rings. The van der Waals surface area contributed by atoms with Gasteiger partial charge in [0.15, 0.2) is 0 Å². The highest BCUT2D eigenvalue weighted by Gasteiger charge is 1.97. The summed E-state index contributed by atoms with van der Waals surface area (Å²) >= 11 is 0. The highest BCUT2D eigenvalue weighted by Crippen LogP contribution is 2.13. The van der Waals surface area contributed by atoms with Gasteiger partial charge in [-0.2, -0.15) is 0 Å². The van der Waals surface area contributed by atoms with Crippen molar-refractivity contribution < 1.29 is 0 Å². The Labute approximate surface area is 71.6 Å². The average molecular weight is 160 g/mol. The van der Waals surface area contributed by atoms with Crippen molar-refractivity contribution in [3.63, 3.8) is 0 Å². The standard InChI is InChI=1S/C10H12N2/c1-2-3-9-6-8-7-11-5-4-10(8)12-9/h4-7,12H,2-3H2,1H3. The molecule has 2 heterocycles. The number of fused-ring (bicyclic) bond motifs is 1. The Hall–Kier alpha value is -1.31. The Balaban J connectivity index is 2.47. The van der Waals surface area contributed by atoms with E-state index in [4.69, 9.17) is 0 Å². The number of pyridine rings is 1. The van der Waals surface area contributed by atoms with Gasteiger partial charge in [-0.3, -0.25) is 4.98 Å². The fourth-order valence-corrected chi connectivity index (χ4v) is 1.44. The van der Waals surface area contributed by atoms with Crippen molar-refractivity contribution in [3.05, 3.63) is 30.2 Å². The van der Waals surface area contributed by atoms with E-state index in [-0.39, 0.29) is 0 Å².